The summed E-state index contributed by atoms with van der Waals surface area (Å²) in [7, 11) is 0. The highest BCUT2D eigenvalue weighted by molar-refractivity contribution is 6.18. The van der Waals surface area contributed by atoms with Crippen LogP contribution in [0.2, 0.25) is 0 Å². The maximum atomic E-state index is 13.5. The first kappa shape index (κ1) is 15.7. The van der Waals surface area contributed by atoms with Gasteiger partial charge in [0.15, 0.2) is 5.78 Å². The van der Waals surface area contributed by atoms with Gasteiger partial charge in [0.05, 0.1) is 5.92 Å². The Labute approximate surface area is 157 Å². The number of aldehydes is 1. The summed E-state index contributed by atoms with van der Waals surface area (Å²) in [5.74, 6) is -0.436. The van der Waals surface area contributed by atoms with E-state index >= 15 is 0 Å². The normalized spacial score (nSPS) is 14.6. The predicted octanol–water partition coefficient (Wildman–Crippen LogP) is 5.38. The Morgan fingerprint density at radius 1 is 0.704 bits per heavy atom. The van der Waals surface area contributed by atoms with E-state index in [9.17, 15) is 9.59 Å². The molecule has 4 aromatic rings. The number of carbonyl (C=O) groups is 2. The molecule has 0 saturated carbocycles. The molecule has 5 rings (SSSR count). The molecule has 0 radical (unpaired) electrons. The molecule has 0 aromatic heterocycles. The summed E-state index contributed by atoms with van der Waals surface area (Å²) in [5.41, 5.74) is 5.09. The van der Waals surface area contributed by atoms with Crippen LogP contribution in [-0.2, 0) is 4.79 Å². The third-order valence-corrected chi connectivity index (χ3v) is 5.42. The lowest BCUT2D eigenvalue weighted by Gasteiger charge is -2.13. The average Bonchev–Trinajstić information content (AvgIpc) is 3.06. The topological polar surface area (TPSA) is 34.1 Å². The molecule has 1 atom stereocenters. The fourth-order valence-electron chi connectivity index (χ4n) is 4.21. The number of benzene rings is 4. The van der Waals surface area contributed by atoms with Gasteiger partial charge in [0.2, 0.25) is 0 Å². The van der Waals surface area contributed by atoms with Crippen molar-refractivity contribution in [1.82, 2.24) is 0 Å². The van der Waals surface area contributed by atoms with Crippen LogP contribution in [0, 0.1) is 0 Å². The van der Waals surface area contributed by atoms with Crippen molar-refractivity contribution >= 4 is 22.8 Å². The summed E-state index contributed by atoms with van der Waals surface area (Å²) < 4.78 is 0. The van der Waals surface area contributed by atoms with Gasteiger partial charge in [-0.1, -0.05) is 84.9 Å². The van der Waals surface area contributed by atoms with Crippen molar-refractivity contribution in [3.05, 3.63) is 107 Å². The minimum Gasteiger partial charge on any atom is -0.302 e. The van der Waals surface area contributed by atoms with E-state index in [0.29, 0.717) is 11.1 Å². The summed E-state index contributed by atoms with van der Waals surface area (Å²) in [6.07, 6.45) is 0.949. The van der Waals surface area contributed by atoms with Crippen LogP contribution in [0.1, 0.15) is 33.0 Å². The summed E-state index contributed by atoms with van der Waals surface area (Å²) in [6, 6.07) is 27.3. The molecule has 0 N–H and O–H groups in total. The number of hydrogen-bond donors (Lipinski definition) is 0. The zero-order chi connectivity index (χ0) is 18.4. The molecule has 0 spiro atoms. The van der Waals surface area contributed by atoms with Crippen LogP contribution >= 0.6 is 0 Å². The van der Waals surface area contributed by atoms with E-state index in [4.69, 9.17) is 0 Å². The van der Waals surface area contributed by atoms with E-state index < -0.39 is 5.92 Å². The van der Waals surface area contributed by atoms with Gasteiger partial charge in [-0.3, -0.25) is 4.79 Å². The van der Waals surface area contributed by atoms with Crippen molar-refractivity contribution in [2.75, 3.05) is 0 Å². The van der Waals surface area contributed by atoms with Crippen LogP contribution < -0.4 is 0 Å². The standard InChI is InChI=1S/C25H16O2/c26-15-23-19-11-4-3-10-18(19)20-12-6-14-22(24(20)23)25(27)21-13-5-8-16-7-1-2-9-17(16)21/h1-15,23H. The number of rotatable bonds is 3. The fraction of sp³-hybridized carbons (Fsp3) is 0.0400. The second kappa shape index (κ2) is 6.03. The lowest BCUT2D eigenvalue weighted by atomic mass is 9.88. The molecule has 0 saturated heterocycles. The molecule has 0 fully saturated rings. The van der Waals surface area contributed by atoms with E-state index in [0.717, 1.165) is 39.3 Å². The van der Waals surface area contributed by atoms with Gasteiger partial charge in [0, 0.05) is 11.1 Å². The molecule has 0 bridgehead atoms. The maximum Gasteiger partial charge on any atom is 0.193 e. The Balaban J connectivity index is 1.74. The van der Waals surface area contributed by atoms with Crippen LogP contribution in [0.15, 0.2) is 84.9 Å². The minimum absolute atomic E-state index is 0.0386. The molecular formula is C25H16O2. The van der Waals surface area contributed by atoms with Crippen molar-refractivity contribution in [3.8, 4) is 11.1 Å². The van der Waals surface area contributed by atoms with Crippen LogP contribution in [0.25, 0.3) is 21.9 Å². The van der Waals surface area contributed by atoms with E-state index in [-0.39, 0.29) is 5.78 Å². The van der Waals surface area contributed by atoms with Gasteiger partial charge in [-0.15, -0.1) is 0 Å². The second-order valence-corrected chi connectivity index (χ2v) is 6.82. The third-order valence-electron chi connectivity index (χ3n) is 5.42. The zero-order valence-electron chi connectivity index (χ0n) is 14.6. The van der Waals surface area contributed by atoms with Crippen molar-refractivity contribution < 1.29 is 9.59 Å². The highest BCUT2D eigenvalue weighted by atomic mass is 16.1. The van der Waals surface area contributed by atoms with Gasteiger partial charge >= 0.3 is 0 Å². The van der Waals surface area contributed by atoms with Gasteiger partial charge in [-0.2, -0.15) is 0 Å². The molecule has 1 unspecified atom stereocenters. The Morgan fingerprint density at radius 2 is 1.37 bits per heavy atom. The third kappa shape index (κ3) is 2.27. The average molecular weight is 348 g/mol. The molecule has 128 valence electrons. The lowest BCUT2D eigenvalue weighted by Crippen LogP contribution is -2.09. The van der Waals surface area contributed by atoms with E-state index in [2.05, 4.69) is 0 Å². The van der Waals surface area contributed by atoms with Crippen LogP contribution in [0.3, 0.4) is 0 Å². The number of fused-ring (bicyclic) bond motifs is 4. The zero-order valence-corrected chi connectivity index (χ0v) is 14.6. The first-order valence-corrected chi connectivity index (χ1v) is 8.99. The predicted molar refractivity (Wildman–Crippen MR) is 107 cm³/mol. The van der Waals surface area contributed by atoms with E-state index in [1.807, 2.05) is 84.9 Å². The second-order valence-electron chi connectivity index (χ2n) is 6.82. The van der Waals surface area contributed by atoms with Crippen LogP contribution in [0.5, 0.6) is 0 Å². The Bertz CT molecular complexity index is 1210. The molecule has 1 aliphatic carbocycles. The maximum absolute atomic E-state index is 13.5. The summed E-state index contributed by atoms with van der Waals surface area (Å²) in [5, 5.41) is 1.96. The molecule has 4 aromatic carbocycles. The fourth-order valence-corrected chi connectivity index (χ4v) is 4.21. The van der Waals surface area contributed by atoms with E-state index in [1.165, 1.54) is 0 Å². The molecule has 2 heteroatoms. The number of carbonyl (C=O) groups excluding carboxylic acids is 2. The van der Waals surface area contributed by atoms with Gasteiger partial charge in [-0.05, 0) is 33.0 Å². The Kier molecular flexibility index (Phi) is 3.51. The van der Waals surface area contributed by atoms with Gasteiger partial charge < -0.3 is 4.79 Å². The quantitative estimate of drug-likeness (QED) is 0.368. The van der Waals surface area contributed by atoms with Crippen molar-refractivity contribution in [2.45, 2.75) is 5.92 Å². The molecule has 0 aliphatic heterocycles. The highest BCUT2D eigenvalue weighted by Crippen LogP contribution is 2.45. The van der Waals surface area contributed by atoms with Gasteiger partial charge in [0.1, 0.15) is 6.29 Å². The van der Waals surface area contributed by atoms with Crippen molar-refractivity contribution in [2.24, 2.45) is 0 Å². The molecule has 2 nitrogen and oxygen atoms in total. The van der Waals surface area contributed by atoms with E-state index in [1.54, 1.807) is 0 Å². The molecule has 0 amide bonds. The monoisotopic (exact) mass is 348 g/mol. The van der Waals surface area contributed by atoms with Gasteiger partial charge in [-0.25, -0.2) is 0 Å². The molecule has 1 aliphatic rings. The number of hydrogen-bond acceptors (Lipinski definition) is 2. The summed E-state index contributed by atoms with van der Waals surface area (Å²) >= 11 is 0. The smallest absolute Gasteiger partial charge is 0.193 e. The highest BCUT2D eigenvalue weighted by Gasteiger charge is 2.32. The lowest BCUT2D eigenvalue weighted by molar-refractivity contribution is -0.108. The Morgan fingerprint density at radius 3 is 2.26 bits per heavy atom. The largest absolute Gasteiger partial charge is 0.302 e. The van der Waals surface area contributed by atoms with Crippen molar-refractivity contribution in [3.63, 3.8) is 0 Å². The van der Waals surface area contributed by atoms with Crippen molar-refractivity contribution in [1.29, 1.82) is 0 Å². The Hall–Kier alpha value is -3.52. The first-order chi connectivity index (χ1) is 13.3. The summed E-state index contributed by atoms with van der Waals surface area (Å²) in [4.78, 5) is 25.5. The molecule has 0 heterocycles. The van der Waals surface area contributed by atoms with Crippen LogP contribution in [0.4, 0.5) is 0 Å². The minimum atomic E-state index is -0.397. The first-order valence-electron chi connectivity index (χ1n) is 8.99. The number of ketones is 1. The summed E-state index contributed by atoms with van der Waals surface area (Å²) in [6.45, 7) is 0. The SMILES string of the molecule is O=CC1c2ccccc2-c2cccc(C(=O)c3cccc4ccccc34)c21. The van der Waals surface area contributed by atoms with Crippen LogP contribution in [-0.4, -0.2) is 12.1 Å². The van der Waals surface area contributed by atoms with Gasteiger partial charge in [0.25, 0.3) is 0 Å². The molecule has 27 heavy (non-hydrogen) atoms. The molecular weight excluding hydrogens is 332 g/mol.